The summed E-state index contributed by atoms with van der Waals surface area (Å²) in [6.45, 7) is 1.85. The van der Waals surface area contributed by atoms with Gasteiger partial charge in [-0.15, -0.1) is 10.2 Å². The maximum atomic E-state index is 14.3. The molecule has 0 aliphatic heterocycles. The van der Waals surface area contributed by atoms with Crippen LogP contribution in [-0.2, 0) is 15.7 Å². The van der Waals surface area contributed by atoms with Crippen LogP contribution in [-0.4, -0.2) is 38.0 Å². The lowest BCUT2D eigenvalue weighted by atomic mass is 10.1. The van der Waals surface area contributed by atoms with Gasteiger partial charge in [0.15, 0.2) is 11.6 Å². The Kier molecular flexibility index (Phi) is 5.45. The van der Waals surface area contributed by atoms with Gasteiger partial charge >= 0.3 is 12.1 Å². The lowest BCUT2D eigenvalue weighted by molar-refractivity contribution is -0.140. The number of aromatic nitrogens is 3. The number of ether oxygens (including phenoxy) is 1. The fourth-order valence-corrected chi connectivity index (χ4v) is 3.26. The minimum Gasteiger partial charge on any atom is -0.507 e. The van der Waals surface area contributed by atoms with E-state index in [0.29, 0.717) is 6.07 Å². The largest absolute Gasteiger partial charge is 0.507 e. The molecule has 2 aromatic heterocycles. The monoisotopic (exact) mass is 415 g/mol. The Labute approximate surface area is 160 Å². The number of fused-ring (bicyclic) bond motifs is 1. The van der Waals surface area contributed by atoms with E-state index in [1.54, 1.807) is 6.92 Å². The predicted molar refractivity (Wildman–Crippen MR) is 92.4 cm³/mol. The number of thioether (sulfide) groups is 1. The first-order valence-electron chi connectivity index (χ1n) is 7.94. The number of phenols is 1. The van der Waals surface area contributed by atoms with E-state index in [1.165, 1.54) is 10.6 Å². The highest BCUT2D eigenvalue weighted by molar-refractivity contribution is 8.00. The van der Waals surface area contributed by atoms with Crippen molar-refractivity contribution in [1.29, 1.82) is 0 Å². The average molecular weight is 415 g/mol. The number of hydrogen-bond acceptors (Lipinski definition) is 6. The molecule has 0 fully saturated rings. The van der Waals surface area contributed by atoms with Gasteiger partial charge in [-0.25, -0.2) is 4.39 Å². The molecule has 6 nitrogen and oxygen atoms in total. The van der Waals surface area contributed by atoms with Crippen molar-refractivity contribution in [3.05, 3.63) is 41.8 Å². The van der Waals surface area contributed by atoms with E-state index in [9.17, 15) is 27.5 Å². The van der Waals surface area contributed by atoms with E-state index in [-0.39, 0.29) is 34.3 Å². The van der Waals surface area contributed by atoms with Gasteiger partial charge in [0.25, 0.3) is 0 Å². The molecule has 0 spiro atoms. The molecule has 11 heteroatoms. The van der Waals surface area contributed by atoms with Crippen molar-refractivity contribution >= 4 is 23.2 Å². The molecule has 0 atom stereocenters. The van der Waals surface area contributed by atoms with E-state index in [0.717, 1.165) is 30.0 Å². The maximum Gasteiger partial charge on any atom is 0.416 e. The standard InChI is InChI=1S/C17H13F4N3O3S/c1-2-27-13(26)8-28-16-14-11(18)5-6-24(14)15(22-23-16)10-4-3-9(7-12(10)25)17(19,20)21/h3-7,25H,2,8H2,1H3. The van der Waals surface area contributed by atoms with Gasteiger partial charge in [-0.05, 0) is 31.2 Å². The average Bonchev–Trinajstić information content (AvgIpc) is 3.02. The predicted octanol–water partition coefficient (Wildman–Crippen LogP) is 3.92. The molecule has 0 saturated carbocycles. The van der Waals surface area contributed by atoms with Crippen LogP contribution in [0.2, 0.25) is 0 Å². The number of esters is 1. The number of carbonyl (C=O) groups is 1. The number of halogens is 4. The molecule has 0 amide bonds. The number of phenolic OH excluding ortho intramolecular Hbond substituents is 1. The number of nitrogens with zero attached hydrogens (tertiary/aromatic N) is 3. The van der Waals surface area contributed by atoms with Crippen LogP contribution in [0.3, 0.4) is 0 Å². The summed E-state index contributed by atoms with van der Waals surface area (Å²) >= 11 is 0.910. The fraction of sp³-hybridized carbons (Fsp3) is 0.235. The molecule has 3 aromatic rings. The third kappa shape index (κ3) is 3.88. The van der Waals surface area contributed by atoms with Crippen molar-refractivity contribution in [3.8, 4) is 17.1 Å². The van der Waals surface area contributed by atoms with Crippen molar-refractivity contribution < 1.29 is 32.2 Å². The first kappa shape index (κ1) is 19.9. The Balaban J connectivity index is 2.03. The highest BCUT2D eigenvalue weighted by Gasteiger charge is 2.31. The van der Waals surface area contributed by atoms with Crippen LogP contribution < -0.4 is 0 Å². The Morgan fingerprint density at radius 1 is 1.29 bits per heavy atom. The summed E-state index contributed by atoms with van der Waals surface area (Å²) in [5, 5.41) is 17.9. The number of rotatable bonds is 5. The highest BCUT2D eigenvalue weighted by Crippen LogP contribution is 2.37. The molecule has 0 aliphatic rings. The normalized spacial score (nSPS) is 11.8. The first-order chi connectivity index (χ1) is 13.2. The van der Waals surface area contributed by atoms with Crippen LogP contribution in [0.4, 0.5) is 17.6 Å². The second-order valence-corrected chi connectivity index (χ2v) is 6.50. The van der Waals surface area contributed by atoms with Crippen molar-refractivity contribution in [2.45, 2.75) is 18.1 Å². The molecule has 28 heavy (non-hydrogen) atoms. The number of alkyl halides is 3. The van der Waals surface area contributed by atoms with Crippen LogP contribution >= 0.6 is 11.8 Å². The summed E-state index contributed by atoms with van der Waals surface area (Å²) in [5.74, 6) is -2.01. The van der Waals surface area contributed by atoms with Gasteiger partial charge in [-0.2, -0.15) is 13.2 Å². The van der Waals surface area contributed by atoms with Crippen LogP contribution in [0, 0.1) is 5.82 Å². The number of hydrogen-bond donors (Lipinski definition) is 1. The van der Waals surface area contributed by atoms with Gasteiger partial charge in [-0.1, -0.05) is 11.8 Å². The lowest BCUT2D eigenvalue weighted by Crippen LogP contribution is -2.08. The summed E-state index contributed by atoms with van der Waals surface area (Å²) < 4.78 is 58.7. The number of benzene rings is 1. The summed E-state index contributed by atoms with van der Waals surface area (Å²) in [6.07, 6.45) is -3.32. The Morgan fingerprint density at radius 2 is 2.04 bits per heavy atom. The number of aromatic hydroxyl groups is 1. The molecular formula is C17H13F4N3O3S. The van der Waals surface area contributed by atoms with Crippen molar-refractivity contribution in [1.82, 2.24) is 14.6 Å². The Morgan fingerprint density at radius 3 is 2.68 bits per heavy atom. The van der Waals surface area contributed by atoms with Crippen molar-refractivity contribution in [3.63, 3.8) is 0 Å². The summed E-state index contributed by atoms with van der Waals surface area (Å²) in [4.78, 5) is 11.5. The Bertz CT molecular complexity index is 1040. The van der Waals surface area contributed by atoms with Crippen LogP contribution in [0.5, 0.6) is 5.75 Å². The highest BCUT2D eigenvalue weighted by atomic mass is 32.2. The molecule has 0 bridgehead atoms. The summed E-state index contributed by atoms with van der Waals surface area (Å²) in [6, 6.07) is 3.50. The SMILES string of the molecule is CCOC(=O)CSc1nnc(-c2ccc(C(F)(F)F)cc2O)n2ccc(F)c12. The van der Waals surface area contributed by atoms with E-state index < -0.39 is 29.3 Å². The lowest BCUT2D eigenvalue weighted by Gasteiger charge is -2.12. The van der Waals surface area contributed by atoms with E-state index >= 15 is 0 Å². The molecule has 1 N–H and O–H groups in total. The van der Waals surface area contributed by atoms with Gasteiger partial charge < -0.3 is 9.84 Å². The quantitative estimate of drug-likeness (QED) is 0.387. The molecule has 148 valence electrons. The molecule has 0 saturated heterocycles. The minimum absolute atomic E-state index is 0.0152. The molecule has 1 aromatic carbocycles. The van der Waals surface area contributed by atoms with Crippen molar-refractivity contribution in [2.24, 2.45) is 0 Å². The smallest absolute Gasteiger partial charge is 0.416 e. The second kappa shape index (κ2) is 7.66. The zero-order valence-corrected chi connectivity index (χ0v) is 15.1. The van der Waals surface area contributed by atoms with E-state index in [1.807, 2.05) is 0 Å². The molecule has 0 radical (unpaired) electrons. The number of carbonyl (C=O) groups excluding carboxylic acids is 1. The van der Waals surface area contributed by atoms with Crippen LogP contribution in [0.15, 0.2) is 35.5 Å². The van der Waals surface area contributed by atoms with E-state index in [4.69, 9.17) is 4.74 Å². The zero-order valence-electron chi connectivity index (χ0n) is 14.3. The Hall–Kier alpha value is -2.82. The molecule has 3 rings (SSSR count). The van der Waals surface area contributed by atoms with Gasteiger partial charge in [0.05, 0.1) is 23.5 Å². The topological polar surface area (TPSA) is 76.7 Å². The third-order valence-electron chi connectivity index (χ3n) is 3.70. The van der Waals surface area contributed by atoms with Crippen LogP contribution in [0.25, 0.3) is 16.9 Å². The first-order valence-corrected chi connectivity index (χ1v) is 8.93. The summed E-state index contributed by atoms with van der Waals surface area (Å²) in [7, 11) is 0. The van der Waals surface area contributed by atoms with Gasteiger partial charge in [0.1, 0.15) is 16.3 Å². The summed E-state index contributed by atoms with van der Waals surface area (Å²) in [5.41, 5.74) is -1.10. The minimum atomic E-state index is -4.62. The maximum absolute atomic E-state index is 14.3. The molecule has 2 heterocycles. The zero-order chi connectivity index (χ0) is 20.5. The van der Waals surface area contributed by atoms with E-state index in [2.05, 4.69) is 10.2 Å². The second-order valence-electron chi connectivity index (χ2n) is 5.53. The van der Waals surface area contributed by atoms with Crippen LogP contribution in [0.1, 0.15) is 12.5 Å². The third-order valence-corrected chi connectivity index (χ3v) is 4.63. The van der Waals surface area contributed by atoms with Gasteiger partial charge in [0, 0.05) is 6.20 Å². The van der Waals surface area contributed by atoms with Gasteiger partial charge in [-0.3, -0.25) is 9.20 Å². The molecular weight excluding hydrogens is 402 g/mol. The fourth-order valence-electron chi connectivity index (χ4n) is 2.49. The van der Waals surface area contributed by atoms with Gasteiger partial charge in [0.2, 0.25) is 0 Å². The molecule has 0 unspecified atom stereocenters. The molecule has 0 aliphatic carbocycles. The van der Waals surface area contributed by atoms with Crippen molar-refractivity contribution in [2.75, 3.05) is 12.4 Å².